The largest absolute Gasteiger partial charge is 0.349 e. The van der Waals surface area contributed by atoms with Gasteiger partial charge < -0.3 is 4.90 Å². The fraction of sp³-hybridized carbons (Fsp3) is 0.682. The minimum atomic E-state index is 0.266. The minimum Gasteiger partial charge on any atom is -0.349 e. The van der Waals surface area contributed by atoms with Crippen LogP contribution < -0.4 is 4.90 Å². The standard InChI is InChI=1S/C22H30ClN5/c1-13(2)12-28-21(23)20(14(3)26-28)18-5-4-10-27(18)19-11-17(15-6-7-15)24-22(25-19)16-8-9-16/h11,13,15-16,18H,4-10,12H2,1-3H3. The van der Waals surface area contributed by atoms with E-state index in [4.69, 9.17) is 26.7 Å². The summed E-state index contributed by atoms with van der Waals surface area (Å²) < 4.78 is 1.98. The second-order valence-electron chi connectivity index (χ2n) is 9.28. The number of nitrogens with zero attached hydrogens (tertiary/aromatic N) is 5. The molecule has 0 aromatic carbocycles. The molecule has 3 heterocycles. The average molecular weight is 400 g/mol. The number of hydrogen-bond donors (Lipinski definition) is 0. The van der Waals surface area contributed by atoms with Crippen LogP contribution in [0.1, 0.15) is 93.0 Å². The fourth-order valence-corrected chi connectivity index (χ4v) is 4.85. The summed E-state index contributed by atoms with van der Waals surface area (Å²) in [5.41, 5.74) is 3.51. The summed E-state index contributed by atoms with van der Waals surface area (Å²) in [5, 5.41) is 5.57. The van der Waals surface area contributed by atoms with Gasteiger partial charge in [-0.15, -0.1) is 0 Å². The molecule has 150 valence electrons. The zero-order valence-electron chi connectivity index (χ0n) is 17.2. The van der Waals surface area contributed by atoms with Crippen LogP contribution in [0, 0.1) is 12.8 Å². The Kier molecular flexibility index (Phi) is 4.61. The lowest BCUT2D eigenvalue weighted by Gasteiger charge is -2.27. The summed E-state index contributed by atoms with van der Waals surface area (Å²) in [4.78, 5) is 12.4. The zero-order valence-corrected chi connectivity index (χ0v) is 17.9. The van der Waals surface area contributed by atoms with Crippen LogP contribution >= 0.6 is 11.6 Å². The van der Waals surface area contributed by atoms with Gasteiger partial charge in [0.1, 0.15) is 16.8 Å². The van der Waals surface area contributed by atoms with Gasteiger partial charge in [0.2, 0.25) is 0 Å². The molecule has 5 nitrogen and oxygen atoms in total. The van der Waals surface area contributed by atoms with E-state index in [0.29, 0.717) is 17.8 Å². The summed E-state index contributed by atoms with van der Waals surface area (Å²) in [6.07, 6.45) is 7.30. The number of aromatic nitrogens is 4. The van der Waals surface area contributed by atoms with Crippen molar-refractivity contribution in [1.29, 1.82) is 0 Å². The van der Waals surface area contributed by atoms with Crippen LogP contribution in [0.5, 0.6) is 0 Å². The third kappa shape index (κ3) is 3.42. The Morgan fingerprint density at radius 3 is 2.54 bits per heavy atom. The maximum Gasteiger partial charge on any atom is 0.134 e. The van der Waals surface area contributed by atoms with Gasteiger partial charge in [0.05, 0.1) is 11.7 Å². The maximum atomic E-state index is 6.83. The van der Waals surface area contributed by atoms with Crippen molar-refractivity contribution >= 4 is 17.4 Å². The van der Waals surface area contributed by atoms with Crippen molar-refractivity contribution in [3.63, 3.8) is 0 Å². The van der Waals surface area contributed by atoms with Crippen LogP contribution in [0.15, 0.2) is 6.07 Å². The van der Waals surface area contributed by atoms with Crippen molar-refractivity contribution in [2.24, 2.45) is 5.92 Å². The quantitative estimate of drug-likeness (QED) is 0.653. The van der Waals surface area contributed by atoms with Crippen molar-refractivity contribution in [2.75, 3.05) is 11.4 Å². The molecule has 2 aromatic heterocycles. The molecule has 0 N–H and O–H groups in total. The Balaban J connectivity index is 1.50. The first-order valence-electron chi connectivity index (χ1n) is 10.9. The number of anilines is 1. The van der Waals surface area contributed by atoms with Crippen LogP contribution in [0.2, 0.25) is 5.15 Å². The molecule has 1 aliphatic heterocycles. The molecular weight excluding hydrogens is 370 g/mol. The summed E-state index contributed by atoms with van der Waals surface area (Å²) in [6, 6.07) is 2.52. The molecule has 2 saturated carbocycles. The van der Waals surface area contributed by atoms with E-state index < -0.39 is 0 Å². The van der Waals surface area contributed by atoms with E-state index in [2.05, 4.69) is 31.7 Å². The summed E-state index contributed by atoms with van der Waals surface area (Å²) in [7, 11) is 0. The third-order valence-corrected chi connectivity index (χ3v) is 6.61. The summed E-state index contributed by atoms with van der Waals surface area (Å²) >= 11 is 6.83. The monoisotopic (exact) mass is 399 g/mol. The van der Waals surface area contributed by atoms with Gasteiger partial charge in [-0.1, -0.05) is 25.4 Å². The third-order valence-electron chi connectivity index (χ3n) is 6.22. The highest BCUT2D eigenvalue weighted by atomic mass is 35.5. The van der Waals surface area contributed by atoms with Crippen LogP contribution in [-0.2, 0) is 6.54 Å². The molecule has 0 spiro atoms. The second-order valence-corrected chi connectivity index (χ2v) is 9.63. The SMILES string of the molecule is Cc1nn(CC(C)C)c(Cl)c1C1CCCN1c1cc(C2CC2)nc(C2CC2)n1. The van der Waals surface area contributed by atoms with Crippen molar-refractivity contribution < 1.29 is 0 Å². The maximum absolute atomic E-state index is 6.83. The first-order valence-corrected chi connectivity index (χ1v) is 11.3. The van der Waals surface area contributed by atoms with Crippen molar-refractivity contribution in [1.82, 2.24) is 19.7 Å². The molecule has 1 atom stereocenters. The van der Waals surface area contributed by atoms with Gasteiger partial charge in [0, 0.05) is 42.2 Å². The first-order chi connectivity index (χ1) is 13.5. The lowest BCUT2D eigenvalue weighted by molar-refractivity contribution is 0.481. The van der Waals surface area contributed by atoms with Crippen LogP contribution in [-0.4, -0.2) is 26.3 Å². The van der Waals surface area contributed by atoms with E-state index in [0.717, 1.165) is 48.4 Å². The Morgan fingerprint density at radius 2 is 1.86 bits per heavy atom. The van der Waals surface area contributed by atoms with Gasteiger partial charge in [-0.3, -0.25) is 4.68 Å². The number of aryl methyl sites for hydroxylation is 1. The highest BCUT2D eigenvalue weighted by Gasteiger charge is 2.36. The Hall–Kier alpha value is -1.62. The highest BCUT2D eigenvalue weighted by molar-refractivity contribution is 6.30. The molecule has 0 bridgehead atoms. The summed E-state index contributed by atoms with van der Waals surface area (Å²) in [6.45, 7) is 8.39. The van der Waals surface area contributed by atoms with E-state index in [9.17, 15) is 0 Å². The van der Waals surface area contributed by atoms with Gasteiger partial charge in [0.25, 0.3) is 0 Å². The number of rotatable bonds is 6. The van der Waals surface area contributed by atoms with Crippen molar-refractivity contribution in [3.05, 3.63) is 34.0 Å². The lowest BCUT2D eigenvalue weighted by atomic mass is 10.1. The van der Waals surface area contributed by atoms with Gasteiger partial charge in [-0.2, -0.15) is 5.10 Å². The first kappa shape index (κ1) is 18.4. The predicted octanol–water partition coefficient (Wildman–Crippen LogP) is 5.39. The Morgan fingerprint density at radius 1 is 1.11 bits per heavy atom. The number of hydrogen-bond acceptors (Lipinski definition) is 4. The smallest absolute Gasteiger partial charge is 0.134 e. The van der Waals surface area contributed by atoms with E-state index in [1.54, 1.807) is 0 Å². The van der Waals surface area contributed by atoms with E-state index >= 15 is 0 Å². The zero-order chi connectivity index (χ0) is 19.4. The van der Waals surface area contributed by atoms with E-state index in [-0.39, 0.29) is 6.04 Å². The molecule has 5 rings (SSSR count). The Bertz CT molecular complexity index is 851. The normalized spacial score (nSPS) is 22.5. The molecule has 3 fully saturated rings. The minimum absolute atomic E-state index is 0.266. The highest BCUT2D eigenvalue weighted by Crippen LogP contribution is 2.45. The second kappa shape index (κ2) is 7.01. The number of halogens is 1. The van der Waals surface area contributed by atoms with Gasteiger partial charge >= 0.3 is 0 Å². The van der Waals surface area contributed by atoms with Crippen molar-refractivity contribution in [2.45, 2.75) is 83.7 Å². The van der Waals surface area contributed by atoms with E-state index in [1.807, 2.05) is 4.68 Å². The molecular formula is C22H30ClN5. The molecule has 28 heavy (non-hydrogen) atoms. The van der Waals surface area contributed by atoms with E-state index in [1.165, 1.54) is 36.9 Å². The van der Waals surface area contributed by atoms with Gasteiger partial charge in [-0.25, -0.2) is 9.97 Å². The molecule has 0 amide bonds. The van der Waals surface area contributed by atoms with Crippen molar-refractivity contribution in [3.8, 4) is 0 Å². The fourth-order valence-electron chi connectivity index (χ4n) is 4.48. The average Bonchev–Trinajstić information content (AvgIpc) is 3.57. The molecule has 3 aliphatic rings. The molecule has 1 saturated heterocycles. The van der Waals surface area contributed by atoms with Crippen LogP contribution in [0.4, 0.5) is 5.82 Å². The summed E-state index contributed by atoms with van der Waals surface area (Å²) in [5.74, 6) is 3.93. The molecule has 2 aliphatic carbocycles. The molecule has 6 heteroatoms. The molecule has 0 radical (unpaired) electrons. The molecule has 1 unspecified atom stereocenters. The Labute approximate surface area is 172 Å². The van der Waals surface area contributed by atoms with Gasteiger partial charge in [-0.05, 0) is 51.4 Å². The lowest BCUT2D eigenvalue weighted by Crippen LogP contribution is -2.25. The molecule has 2 aromatic rings. The topological polar surface area (TPSA) is 46.8 Å². The van der Waals surface area contributed by atoms with Crippen LogP contribution in [0.25, 0.3) is 0 Å². The van der Waals surface area contributed by atoms with Crippen LogP contribution in [0.3, 0.4) is 0 Å². The van der Waals surface area contributed by atoms with Gasteiger partial charge in [0.15, 0.2) is 0 Å². The predicted molar refractivity (Wildman–Crippen MR) is 112 cm³/mol.